The summed E-state index contributed by atoms with van der Waals surface area (Å²) in [4.78, 5) is 11.7. The predicted octanol–water partition coefficient (Wildman–Crippen LogP) is 1.55. The molecule has 1 unspecified atom stereocenters. The monoisotopic (exact) mass is 212 g/mol. The van der Waals surface area contributed by atoms with E-state index in [0.717, 1.165) is 25.0 Å². The molecule has 4 heteroatoms. The van der Waals surface area contributed by atoms with Crippen LogP contribution in [0.3, 0.4) is 0 Å². The van der Waals surface area contributed by atoms with E-state index >= 15 is 0 Å². The van der Waals surface area contributed by atoms with Gasteiger partial charge in [0, 0.05) is 11.8 Å². The second kappa shape index (κ2) is 4.70. The van der Waals surface area contributed by atoms with Crippen molar-refractivity contribution in [3.8, 4) is 6.07 Å². The number of hydrogen-bond acceptors (Lipinski definition) is 3. The lowest BCUT2D eigenvalue weighted by atomic mass is 9.69. The smallest absolute Gasteiger partial charge is 0.240 e. The number of nitriles is 1. The van der Waals surface area contributed by atoms with Gasteiger partial charge in [-0.05, 0) is 32.4 Å². The number of hydrogen-bond donors (Lipinski definition) is 1. The summed E-state index contributed by atoms with van der Waals surface area (Å²) in [6.07, 6.45) is 4.45. The van der Waals surface area contributed by atoms with E-state index < -0.39 is 5.41 Å². The molecule has 0 aliphatic heterocycles. The van der Waals surface area contributed by atoms with Crippen LogP contribution in [0.25, 0.3) is 0 Å². The predicted molar refractivity (Wildman–Crippen MR) is 57.9 cm³/mol. The Balaban J connectivity index is 2.45. The van der Waals surface area contributed by atoms with Crippen LogP contribution in [0.5, 0.6) is 0 Å². The summed E-state index contributed by atoms with van der Waals surface area (Å²) in [5.41, 5.74) is -0.702. The number of nitrogens with one attached hydrogen (secondary N) is 1. The third-order valence-electron chi connectivity index (χ3n) is 2.65. The topological polar surface area (TPSA) is 52.9 Å². The summed E-state index contributed by atoms with van der Waals surface area (Å²) in [6.45, 7) is 1.97. The fourth-order valence-corrected chi connectivity index (χ4v) is 2.16. The van der Waals surface area contributed by atoms with E-state index in [1.807, 2.05) is 13.2 Å². The van der Waals surface area contributed by atoms with Gasteiger partial charge in [-0.1, -0.05) is 0 Å². The number of amides is 1. The molecule has 0 bridgehead atoms. The maximum Gasteiger partial charge on any atom is 0.240 e. The highest BCUT2D eigenvalue weighted by Gasteiger charge is 2.44. The molecule has 0 radical (unpaired) electrons. The van der Waals surface area contributed by atoms with Crippen molar-refractivity contribution in [3.63, 3.8) is 0 Å². The lowest BCUT2D eigenvalue weighted by Gasteiger charge is -2.34. The molecule has 0 aromatic carbocycles. The summed E-state index contributed by atoms with van der Waals surface area (Å²) in [7, 11) is 0. The average Bonchev–Trinajstić information content (AvgIpc) is 2.03. The van der Waals surface area contributed by atoms with Gasteiger partial charge < -0.3 is 5.32 Å². The van der Waals surface area contributed by atoms with E-state index in [4.69, 9.17) is 5.26 Å². The number of nitrogens with zero attached hydrogens (tertiary/aromatic N) is 1. The number of thioether (sulfide) groups is 1. The van der Waals surface area contributed by atoms with Gasteiger partial charge in [0.25, 0.3) is 0 Å². The average molecular weight is 212 g/mol. The van der Waals surface area contributed by atoms with Crippen LogP contribution in [0.4, 0.5) is 0 Å². The minimum Gasteiger partial charge on any atom is -0.351 e. The van der Waals surface area contributed by atoms with Crippen molar-refractivity contribution in [2.45, 2.75) is 32.2 Å². The summed E-state index contributed by atoms with van der Waals surface area (Å²) in [6, 6.07) is 2.30. The largest absolute Gasteiger partial charge is 0.351 e. The molecule has 1 fully saturated rings. The Hall–Kier alpha value is -0.690. The highest BCUT2D eigenvalue weighted by molar-refractivity contribution is 7.98. The van der Waals surface area contributed by atoms with E-state index in [9.17, 15) is 4.79 Å². The Labute approximate surface area is 89.2 Å². The Morgan fingerprint density at radius 3 is 2.71 bits per heavy atom. The Morgan fingerprint density at radius 1 is 1.71 bits per heavy atom. The molecule has 1 aliphatic rings. The first-order chi connectivity index (χ1) is 6.64. The summed E-state index contributed by atoms with van der Waals surface area (Å²) in [5.74, 6) is 0.820. The highest BCUT2D eigenvalue weighted by Crippen LogP contribution is 2.40. The summed E-state index contributed by atoms with van der Waals surface area (Å²) >= 11 is 1.70. The van der Waals surface area contributed by atoms with Crippen LogP contribution in [-0.2, 0) is 4.79 Å². The Bertz CT molecular complexity index is 255. The molecule has 78 valence electrons. The van der Waals surface area contributed by atoms with E-state index in [0.29, 0.717) is 0 Å². The second-order valence-electron chi connectivity index (χ2n) is 3.88. The fraction of sp³-hybridized carbons (Fsp3) is 0.800. The van der Waals surface area contributed by atoms with Gasteiger partial charge in [0.15, 0.2) is 0 Å². The molecule has 1 saturated carbocycles. The molecule has 1 rings (SSSR count). The molecule has 1 atom stereocenters. The van der Waals surface area contributed by atoms with Crippen LogP contribution < -0.4 is 5.32 Å². The maximum atomic E-state index is 11.7. The quantitative estimate of drug-likeness (QED) is 0.769. The molecule has 1 aliphatic carbocycles. The third kappa shape index (κ3) is 2.21. The van der Waals surface area contributed by atoms with Gasteiger partial charge in [0.1, 0.15) is 5.41 Å². The van der Waals surface area contributed by atoms with Crippen molar-refractivity contribution >= 4 is 17.7 Å². The number of carbonyl (C=O) groups is 1. The van der Waals surface area contributed by atoms with Gasteiger partial charge in [0.2, 0.25) is 5.91 Å². The second-order valence-corrected chi connectivity index (χ2v) is 4.79. The van der Waals surface area contributed by atoms with Crippen LogP contribution in [0.2, 0.25) is 0 Å². The standard InChI is InChI=1S/C10H16N2OS/c1-8(6-14-2)12-9(13)10(7-11)4-3-5-10/h8H,3-6H2,1-2H3,(H,12,13). The van der Waals surface area contributed by atoms with Gasteiger partial charge in [0.05, 0.1) is 6.07 Å². The fourth-order valence-electron chi connectivity index (χ4n) is 1.57. The van der Waals surface area contributed by atoms with Gasteiger partial charge in [-0.15, -0.1) is 0 Å². The van der Waals surface area contributed by atoms with Crippen molar-refractivity contribution in [2.24, 2.45) is 5.41 Å². The van der Waals surface area contributed by atoms with Crippen molar-refractivity contribution in [2.75, 3.05) is 12.0 Å². The van der Waals surface area contributed by atoms with Crippen LogP contribution in [0.1, 0.15) is 26.2 Å². The lowest BCUT2D eigenvalue weighted by molar-refractivity contribution is -0.132. The molecule has 3 nitrogen and oxygen atoms in total. The molecule has 0 aromatic rings. The van der Waals surface area contributed by atoms with Gasteiger partial charge >= 0.3 is 0 Å². The maximum absolute atomic E-state index is 11.7. The Kier molecular flexibility index (Phi) is 3.82. The molecule has 0 saturated heterocycles. The van der Waals surface area contributed by atoms with Gasteiger partial charge in [-0.25, -0.2) is 0 Å². The van der Waals surface area contributed by atoms with E-state index in [2.05, 4.69) is 11.4 Å². The van der Waals surface area contributed by atoms with E-state index in [-0.39, 0.29) is 11.9 Å². The number of carbonyl (C=O) groups excluding carboxylic acids is 1. The van der Waals surface area contributed by atoms with Crippen LogP contribution in [-0.4, -0.2) is 24.0 Å². The minimum atomic E-state index is -0.702. The van der Waals surface area contributed by atoms with Crippen molar-refractivity contribution < 1.29 is 4.79 Å². The zero-order valence-electron chi connectivity index (χ0n) is 8.67. The molecule has 1 N–H and O–H groups in total. The first-order valence-corrected chi connectivity index (χ1v) is 6.25. The van der Waals surface area contributed by atoms with Gasteiger partial charge in [-0.2, -0.15) is 17.0 Å². The summed E-state index contributed by atoms with van der Waals surface area (Å²) < 4.78 is 0. The van der Waals surface area contributed by atoms with Crippen molar-refractivity contribution in [1.29, 1.82) is 5.26 Å². The SMILES string of the molecule is CSCC(C)NC(=O)C1(C#N)CCC1. The lowest BCUT2D eigenvalue weighted by Crippen LogP contribution is -2.48. The van der Waals surface area contributed by atoms with Crippen LogP contribution in [0.15, 0.2) is 0 Å². The third-order valence-corrected chi connectivity index (χ3v) is 3.48. The number of rotatable bonds is 4. The Morgan fingerprint density at radius 2 is 2.36 bits per heavy atom. The zero-order chi connectivity index (χ0) is 10.6. The summed E-state index contributed by atoms with van der Waals surface area (Å²) in [5, 5.41) is 11.8. The highest BCUT2D eigenvalue weighted by atomic mass is 32.2. The minimum absolute atomic E-state index is 0.0761. The van der Waals surface area contributed by atoms with Gasteiger partial charge in [-0.3, -0.25) is 4.79 Å². The van der Waals surface area contributed by atoms with Crippen molar-refractivity contribution in [1.82, 2.24) is 5.32 Å². The first kappa shape index (κ1) is 11.4. The molecule has 1 amide bonds. The molecule has 0 aromatic heterocycles. The zero-order valence-corrected chi connectivity index (χ0v) is 9.49. The molecule has 0 spiro atoms. The first-order valence-electron chi connectivity index (χ1n) is 4.86. The molecular weight excluding hydrogens is 196 g/mol. The van der Waals surface area contributed by atoms with Crippen molar-refractivity contribution in [3.05, 3.63) is 0 Å². The van der Waals surface area contributed by atoms with E-state index in [1.165, 1.54) is 0 Å². The van der Waals surface area contributed by atoms with Crippen LogP contribution >= 0.6 is 11.8 Å². The van der Waals surface area contributed by atoms with Crippen LogP contribution in [0, 0.1) is 16.7 Å². The van der Waals surface area contributed by atoms with E-state index in [1.54, 1.807) is 11.8 Å². The molecule has 14 heavy (non-hydrogen) atoms. The molecular formula is C10H16N2OS. The molecule has 0 heterocycles. The normalized spacial score (nSPS) is 20.4.